The average Bonchev–Trinajstić information content (AvgIpc) is 2.97. The lowest BCUT2D eigenvalue weighted by Gasteiger charge is -2.19. The predicted octanol–water partition coefficient (Wildman–Crippen LogP) is -2.31. The summed E-state index contributed by atoms with van der Waals surface area (Å²) in [6.45, 7) is -1.12. The second-order valence-electron chi connectivity index (χ2n) is 6.54. The zero-order valence-electron chi connectivity index (χ0n) is 17.2. The van der Waals surface area contributed by atoms with E-state index in [-0.39, 0.29) is 5.56 Å². The Bertz CT molecular complexity index is 1230. The molecule has 6 atom stereocenters. The van der Waals surface area contributed by atoms with E-state index in [2.05, 4.69) is 17.9 Å². The number of H-pyrrole nitrogens is 1. The van der Waals surface area contributed by atoms with E-state index >= 15 is 0 Å². The number of phosphoric acid groups is 3. The third-order valence-electron chi connectivity index (χ3n) is 4.02. The van der Waals surface area contributed by atoms with Crippen LogP contribution in [-0.2, 0) is 41.1 Å². The second-order valence-corrected chi connectivity index (χ2v) is 11.0. The number of carbonyl (C=O) groups is 1. The Hall–Kier alpha value is -1.82. The van der Waals surface area contributed by atoms with E-state index in [9.17, 15) is 43.2 Å². The van der Waals surface area contributed by atoms with Crippen LogP contribution in [0.25, 0.3) is 6.08 Å². The molecule has 19 nitrogen and oxygen atoms in total. The van der Waals surface area contributed by atoms with E-state index < -0.39 is 71.8 Å². The van der Waals surface area contributed by atoms with E-state index in [1.165, 1.54) is 0 Å². The van der Waals surface area contributed by atoms with Crippen LogP contribution in [0.2, 0.25) is 0 Å². The number of aromatic nitrogens is 2. The second kappa shape index (κ2) is 11.1. The van der Waals surface area contributed by atoms with Crippen molar-refractivity contribution in [3.8, 4) is 0 Å². The number of esters is 1. The van der Waals surface area contributed by atoms with Gasteiger partial charge < -0.3 is 39.3 Å². The Balaban J connectivity index is 2.18. The maximum atomic E-state index is 12.2. The van der Waals surface area contributed by atoms with Gasteiger partial charge in [0, 0.05) is 12.3 Å². The number of aromatic amines is 1. The van der Waals surface area contributed by atoms with Gasteiger partial charge >= 0.3 is 35.1 Å². The number of nitrogens with one attached hydrogen (secondary N) is 1. The molecule has 1 aromatic heterocycles. The lowest BCUT2D eigenvalue weighted by atomic mass is 10.1. The van der Waals surface area contributed by atoms with E-state index in [1.807, 2.05) is 4.98 Å². The third kappa shape index (κ3) is 8.37. The number of rotatable bonds is 10. The van der Waals surface area contributed by atoms with E-state index in [4.69, 9.17) is 19.4 Å². The molecule has 2 rings (SSSR count). The van der Waals surface area contributed by atoms with Gasteiger partial charge in [0.2, 0.25) is 0 Å². The van der Waals surface area contributed by atoms with Gasteiger partial charge in [0.05, 0.1) is 19.3 Å². The van der Waals surface area contributed by atoms with Crippen LogP contribution < -0.4 is 11.2 Å². The number of hydrogen-bond acceptors (Lipinski definition) is 13. The Morgan fingerprint density at radius 3 is 2.31 bits per heavy atom. The quantitative estimate of drug-likeness (QED) is 0.0885. The molecule has 0 radical (unpaired) electrons. The molecule has 35 heavy (non-hydrogen) atoms. The van der Waals surface area contributed by atoms with Crippen molar-refractivity contribution in [3.05, 3.63) is 38.7 Å². The first-order valence-electron chi connectivity index (χ1n) is 8.86. The lowest BCUT2D eigenvalue weighted by molar-refractivity contribution is -0.134. The molecule has 0 bridgehead atoms. The summed E-state index contributed by atoms with van der Waals surface area (Å²) in [4.78, 5) is 72.8. The summed E-state index contributed by atoms with van der Waals surface area (Å²) >= 11 is 0. The molecule has 198 valence electrons. The fraction of sp³-hybridized carbons (Fsp3) is 0.462. The molecular weight excluding hydrogens is 549 g/mol. The molecule has 0 saturated carbocycles. The number of nitrogens with zero attached hydrogens (tertiary/aromatic N) is 1. The Morgan fingerprint density at radius 2 is 1.74 bits per heavy atom. The number of methoxy groups -OCH3 is 1. The zero-order chi connectivity index (χ0) is 26.8. The largest absolute Gasteiger partial charge is 0.490 e. The summed E-state index contributed by atoms with van der Waals surface area (Å²) in [6.07, 6.45) is -4.45. The van der Waals surface area contributed by atoms with Crippen molar-refractivity contribution in [2.45, 2.75) is 24.5 Å². The van der Waals surface area contributed by atoms with Crippen LogP contribution in [0.15, 0.2) is 21.9 Å². The molecule has 22 heteroatoms. The molecule has 0 aliphatic carbocycles. The van der Waals surface area contributed by atoms with Gasteiger partial charge in [-0.1, -0.05) is 0 Å². The van der Waals surface area contributed by atoms with Crippen LogP contribution in [0.3, 0.4) is 0 Å². The number of ether oxygens (including phenoxy) is 2. The minimum Gasteiger partial charge on any atom is -0.466 e. The molecule has 1 aromatic rings. The van der Waals surface area contributed by atoms with Gasteiger partial charge in [0.25, 0.3) is 5.56 Å². The SMILES string of the molecule is COC(=O)/C=C/c1cn([C@@H]2O[C@H](COP(=O)(O)OP(=O)(O)OP(=O)(O)O)C(O)C2O)c(=O)[nH]c1=O. The normalized spacial score (nSPS) is 26.4. The van der Waals surface area contributed by atoms with Crippen LogP contribution in [-0.4, -0.2) is 77.3 Å². The average molecular weight is 568 g/mol. The molecular formula is C13H19N2O17P3. The van der Waals surface area contributed by atoms with E-state index in [1.54, 1.807) is 0 Å². The summed E-state index contributed by atoms with van der Waals surface area (Å²) < 4.78 is 55.4. The smallest absolute Gasteiger partial charge is 0.466 e. The first-order chi connectivity index (χ1) is 15.9. The van der Waals surface area contributed by atoms with Crippen molar-refractivity contribution in [2.75, 3.05) is 13.7 Å². The van der Waals surface area contributed by atoms with Crippen LogP contribution in [0.1, 0.15) is 11.8 Å². The maximum Gasteiger partial charge on any atom is 0.490 e. The summed E-state index contributed by atoms with van der Waals surface area (Å²) in [5.41, 5.74) is -2.31. The van der Waals surface area contributed by atoms with Gasteiger partial charge in [-0.05, 0) is 6.08 Å². The fourth-order valence-electron chi connectivity index (χ4n) is 2.60. The summed E-state index contributed by atoms with van der Waals surface area (Å²) in [6, 6.07) is 0. The molecule has 0 aromatic carbocycles. The van der Waals surface area contributed by atoms with Crippen molar-refractivity contribution < 1.29 is 70.9 Å². The first-order valence-corrected chi connectivity index (χ1v) is 13.4. The zero-order valence-corrected chi connectivity index (χ0v) is 19.9. The topological polar surface area (TPSA) is 291 Å². The highest BCUT2D eigenvalue weighted by Gasteiger charge is 2.46. The highest BCUT2D eigenvalue weighted by Crippen LogP contribution is 2.66. The van der Waals surface area contributed by atoms with Gasteiger partial charge in [0.15, 0.2) is 6.23 Å². The van der Waals surface area contributed by atoms with Gasteiger partial charge in [-0.2, -0.15) is 8.62 Å². The molecule has 1 aliphatic rings. The predicted molar refractivity (Wildman–Crippen MR) is 108 cm³/mol. The van der Waals surface area contributed by atoms with Crippen molar-refractivity contribution in [2.24, 2.45) is 0 Å². The fourth-order valence-corrected chi connectivity index (χ4v) is 5.63. The molecule has 4 unspecified atom stereocenters. The highest BCUT2D eigenvalue weighted by atomic mass is 31.3. The molecule has 2 heterocycles. The van der Waals surface area contributed by atoms with Crippen molar-refractivity contribution >= 4 is 35.5 Å². The van der Waals surface area contributed by atoms with E-state index in [0.717, 1.165) is 25.5 Å². The third-order valence-corrected chi connectivity index (χ3v) is 7.83. The lowest BCUT2D eigenvalue weighted by Crippen LogP contribution is -2.38. The number of aliphatic hydroxyl groups is 2. The van der Waals surface area contributed by atoms with Gasteiger partial charge in [-0.15, -0.1) is 0 Å². The molecule has 1 fully saturated rings. The van der Waals surface area contributed by atoms with Crippen molar-refractivity contribution in [1.82, 2.24) is 9.55 Å². The van der Waals surface area contributed by atoms with Crippen LogP contribution >= 0.6 is 23.5 Å². The Labute approximate surface area is 193 Å². The van der Waals surface area contributed by atoms with Crippen LogP contribution in [0, 0.1) is 0 Å². The number of phosphoric ester groups is 1. The first kappa shape index (κ1) is 29.4. The van der Waals surface area contributed by atoms with E-state index in [0.29, 0.717) is 4.57 Å². The maximum absolute atomic E-state index is 12.2. The summed E-state index contributed by atoms with van der Waals surface area (Å²) in [5.74, 6) is -0.832. The van der Waals surface area contributed by atoms with Gasteiger partial charge in [0.1, 0.15) is 18.3 Å². The molecule has 7 N–H and O–H groups in total. The van der Waals surface area contributed by atoms with Crippen LogP contribution in [0.4, 0.5) is 0 Å². The Morgan fingerprint density at radius 1 is 1.11 bits per heavy atom. The standard InChI is InChI=1S/C13H19N2O17P3/c1-28-8(16)3-2-6-4-15(13(20)14-11(6)19)12-10(18)9(17)7(30-12)5-29-34(24,25)32-35(26,27)31-33(21,22)23/h2-4,7,9-10,12,17-18H,5H2,1H3,(H,24,25)(H,26,27)(H,14,19,20)(H2,21,22,23)/b3-2+/t7-,9?,10?,12-/m1/s1. The number of hydrogen-bond donors (Lipinski definition) is 7. The molecule has 0 spiro atoms. The minimum atomic E-state index is -5.79. The highest BCUT2D eigenvalue weighted by molar-refractivity contribution is 7.66. The summed E-state index contributed by atoms with van der Waals surface area (Å²) in [7, 11) is -15.9. The minimum absolute atomic E-state index is 0.267. The van der Waals surface area contributed by atoms with Gasteiger partial charge in [-0.3, -0.25) is 18.9 Å². The summed E-state index contributed by atoms with van der Waals surface area (Å²) in [5, 5.41) is 20.4. The molecule has 1 saturated heterocycles. The molecule has 1 aliphatic heterocycles. The molecule has 0 amide bonds. The number of carbonyl (C=O) groups excluding carboxylic acids is 1. The van der Waals surface area contributed by atoms with Crippen LogP contribution in [0.5, 0.6) is 0 Å². The van der Waals surface area contributed by atoms with Gasteiger partial charge in [-0.25, -0.2) is 23.3 Å². The Kier molecular flexibility index (Phi) is 9.30. The van der Waals surface area contributed by atoms with Crippen molar-refractivity contribution in [3.63, 3.8) is 0 Å². The monoisotopic (exact) mass is 568 g/mol. The number of aliphatic hydroxyl groups excluding tert-OH is 2. The van der Waals surface area contributed by atoms with Crippen molar-refractivity contribution in [1.29, 1.82) is 0 Å².